The second-order valence-electron chi connectivity index (χ2n) is 18.7. The minimum Gasteiger partial charge on any atom is -0.497 e. The van der Waals surface area contributed by atoms with Gasteiger partial charge in [0, 0.05) is 44.9 Å². The van der Waals surface area contributed by atoms with Crippen molar-refractivity contribution in [2.75, 3.05) is 41.5 Å². The van der Waals surface area contributed by atoms with Crippen LogP contribution in [-0.2, 0) is 63.8 Å². The summed E-state index contributed by atoms with van der Waals surface area (Å²) in [6.07, 6.45) is 1.79. The van der Waals surface area contributed by atoms with Gasteiger partial charge in [-0.25, -0.2) is 16.8 Å². The van der Waals surface area contributed by atoms with E-state index in [0.29, 0.717) is 24.3 Å². The minimum atomic E-state index is -4.02. The molecule has 3 heterocycles. The van der Waals surface area contributed by atoms with E-state index in [1.165, 1.54) is 25.8 Å². The standard InChI is InChI=1S/C27H36N4O4S.C24H29N3O5S/c1-27(2,3)31-23(20-29-15-6-16-29)17-26(28-31)36(32,33)30(18-21-7-11-24(34-4)12-8-21)19-22-9-13-25(35-5)14-10-22;1-24(2,3)27-20(17-28)14-23(25-27)33(29,30)26(15-18-6-10-21(31-4)11-7-18)16-19-8-12-22(32-5)13-9-19/h7-14,17H,6,15-16,18-20H2,1-5H3;6-14,17H,15-16H2,1-5H3. The maximum atomic E-state index is 14.0. The van der Waals surface area contributed by atoms with Gasteiger partial charge in [0.05, 0.1) is 45.2 Å². The Labute approximate surface area is 407 Å². The average molecular weight is 984 g/mol. The molecule has 69 heavy (non-hydrogen) atoms. The van der Waals surface area contributed by atoms with Crippen LogP contribution in [-0.4, -0.2) is 97.7 Å². The third-order valence-electron chi connectivity index (χ3n) is 11.5. The Morgan fingerprint density at radius 3 is 1.10 bits per heavy atom. The number of aromatic nitrogens is 4. The molecule has 0 aliphatic carbocycles. The van der Waals surface area contributed by atoms with Crippen molar-refractivity contribution >= 4 is 26.3 Å². The molecule has 0 amide bonds. The first-order valence-electron chi connectivity index (χ1n) is 22.6. The van der Waals surface area contributed by atoms with Crippen LogP contribution in [0.3, 0.4) is 0 Å². The van der Waals surface area contributed by atoms with E-state index in [1.54, 1.807) is 58.8 Å². The quantitative estimate of drug-likeness (QED) is 0.0717. The van der Waals surface area contributed by atoms with Crippen molar-refractivity contribution in [1.29, 1.82) is 0 Å². The summed E-state index contributed by atoms with van der Waals surface area (Å²) in [4.78, 5) is 13.9. The van der Waals surface area contributed by atoms with E-state index in [4.69, 9.17) is 18.9 Å². The van der Waals surface area contributed by atoms with E-state index in [9.17, 15) is 21.6 Å². The van der Waals surface area contributed by atoms with Crippen molar-refractivity contribution in [3.63, 3.8) is 0 Å². The molecule has 6 aromatic rings. The van der Waals surface area contributed by atoms with Crippen LogP contribution >= 0.6 is 0 Å². The fourth-order valence-corrected chi connectivity index (χ4v) is 10.3. The summed E-state index contributed by atoms with van der Waals surface area (Å²) >= 11 is 0. The molecule has 0 radical (unpaired) electrons. The van der Waals surface area contributed by atoms with Gasteiger partial charge in [-0.15, -0.1) is 0 Å². The monoisotopic (exact) mass is 983 g/mol. The summed E-state index contributed by atoms with van der Waals surface area (Å²) in [6, 6.07) is 32.4. The minimum absolute atomic E-state index is 0.0787. The zero-order chi connectivity index (χ0) is 50.1. The van der Waals surface area contributed by atoms with Crippen LogP contribution in [0.2, 0.25) is 0 Å². The Morgan fingerprint density at radius 2 is 0.841 bits per heavy atom. The maximum absolute atomic E-state index is 14.0. The Balaban J connectivity index is 0.000000228. The molecule has 0 unspecified atom stereocenters. The van der Waals surface area contributed by atoms with Gasteiger partial charge in [0.2, 0.25) is 0 Å². The third-order valence-corrected chi connectivity index (χ3v) is 14.8. The predicted octanol–water partition coefficient (Wildman–Crippen LogP) is 8.11. The average Bonchev–Trinajstić information content (AvgIpc) is 3.98. The number of likely N-dealkylation sites (tertiary alicyclic amines) is 1. The van der Waals surface area contributed by atoms with Crippen molar-refractivity contribution in [3.8, 4) is 23.0 Å². The number of sulfonamides is 2. The van der Waals surface area contributed by atoms with E-state index in [1.807, 2.05) is 119 Å². The van der Waals surface area contributed by atoms with Crippen LogP contribution in [0.15, 0.2) is 119 Å². The molecular weight excluding hydrogens is 919 g/mol. The lowest BCUT2D eigenvalue weighted by Gasteiger charge is -2.32. The number of hydrogen-bond acceptors (Lipinski definition) is 12. The normalized spacial score (nSPS) is 13.4. The molecule has 0 saturated carbocycles. The van der Waals surface area contributed by atoms with Crippen LogP contribution in [0.1, 0.15) is 86.4 Å². The highest BCUT2D eigenvalue weighted by Crippen LogP contribution is 2.29. The van der Waals surface area contributed by atoms with Gasteiger partial charge in [-0.05, 0) is 132 Å². The number of carbonyl (C=O) groups excluding carboxylic acids is 1. The number of nitrogens with zero attached hydrogens (tertiary/aromatic N) is 7. The van der Waals surface area contributed by atoms with Crippen LogP contribution in [0, 0.1) is 0 Å². The van der Waals surface area contributed by atoms with E-state index < -0.39 is 25.6 Å². The topological polar surface area (TPSA) is 168 Å². The van der Waals surface area contributed by atoms with E-state index in [-0.39, 0.29) is 47.5 Å². The molecule has 1 saturated heterocycles. The summed E-state index contributed by atoms with van der Waals surface area (Å²) in [5.41, 5.74) is 3.53. The molecule has 0 bridgehead atoms. The molecule has 1 fully saturated rings. The van der Waals surface area contributed by atoms with Crippen LogP contribution in [0.4, 0.5) is 0 Å². The summed E-state index contributed by atoms with van der Waals surface area (Å²) in [6.45, 7) is 15.1. The molecule has 0 spiro atoms. The molecule has 7 rings (SSSR count). The molecule has 2 aromatic heterocycles. The first kappa shape index (κ1) is 52.3. The predicted molar refractivity (Wildman–Crippen MR) is 265 cm³/mol. The molecule has 16 nitrogen and oxygen atoms in total. The molecule has 0 atom stereocenters. The summed E-state index contributed by atoms with van der Waals surface area (Å²) < 4.78 is 82.5. The molecule has 18 heteroatoms. The van der Waals surface area contributed by atoms with Gasteiger partial charge < -0.3 is 18.9 Å². The number of rotatable bonds is 19. The maximum Gasteiger partial charge on any atom is 0.263 e. The number of hydrogen-bond donors (Lipinski definition) is 0. The van der Waals surface area contributed by atoms with Crippen molar-refractivity contribution in [2.45, 2.75) is 102 Å². The molecular formula is C51H65N7O9S2. The lowest BCUT2D eigenvalue weighted by molar-refractivity contribution is 0.110. The van der Waals surface area contributed by atoms with Crippen LogP contribution in [0.5, 0.6) is 23.0 Å². The Kier molecular flexibility index (Phi) is 16.8. The number of carbonyl (C=O) groups is 1. The molecule has 1 aliphatic rings. The van der Waals surface area contributed by atoms with Gasteiger partial charge in [-0.1, -0.05) is 48.5 Å². The Hall–Kier alpha value is -6.05. The number of methoxy groups -OCH3 is 4. The lowest BCUT2D eigenvalue weighted by atomic mass is 10.1. The van der Waals surface area contributed by atoms with E-state index in [2.05, 4.69) is 15.1 Å². The highest BCUT2D eigenvalue weighted by Gasteiger charge is 2.33. The fraction of sp³-hybridized carbons (Fsp3) is 0.392. The zero-order valence-electron chi connectivity index (χ0n) is 41.2. The van der Waals surface area contributed by atoms with Gasteiger partial charge in [-0.3, -0.25) is 19.1 Å². The van der Waals surface area contributed by atoms with Crippen molar-refractivity contribution in [3.05, 3.63) is 143 Å². The van der Waals surface area contributed by atoms with E-state index >= 15 is 0 Å². The van der Waals surface area contributed by atoms with Crippen molar-refractivity contribution < 1.29 is 40.6 Å². The molecule has 4 aromatic carbocycles. The summed E-state index contributed by atoms with van der Waals surface area (Å²) in [7, 11) is -1.55. The van der Waals surface area contributed by atoms with Gasteiger partial charge in [0.1, 0.15) is 28.7 Å². The van der Waals surface area contributed by atoms with Gasteiger partial charge in [-0.2, -0.15) is 18.8 Å². The SMILES string of the molecule is COc1ccc(CN(Cc2ccc(OC)cc2)S(=O)(=O)c2cc(C=O)n(C(C)(C)C)n2)cc1.COc1ccc(CN(Cc2ccc(OC)cc2)S(=O)(=O)c2cc(CN3CCC3)n(C(C)(C)C)n2)cc1. The summed E-state index contributed by atoms with van der Waals surface area (Å²) in [5, 5.41) is 8.86. The second kappa shape index (κ2) is 22.1. The zero-order valence-corrected chi connectivity index (χ0v) is 42.9. The molecule has 1 aliphatic heterocycles. The smallest absolute Gasteiger partial charge is 0.263 e. The fourth-order valence-electron chi connectivity index (χ4n) is 7.56. The van der Waals surface area contributed by atoms with Crippen molar-refractivity contribution in [1.82, 2.24) is 33.1 Å². The molecule has 370 valence electrons. The Bertz CT molecular complexity index is 2750. The van der Waals surface area contributed by atoms with Crippen LogP contribution in [0.25, 0.3) is 0 Å². The molecule has 0 N–H and O–H groups in total. The Morgan fingerprint density at radius 1 is 0.522 bits per heavy atom. The lowest BCUT2D eigenvalue weighted by Crippen LogP contribution is -2.38. The van der Waals surface area contributed by atoms with Gasteiger partial charge >= 0.3 is 0 Å². The summed E-state index contributed by atoms with van der Waals surface area (Å²) in [5.74, 6) is 2.82. The van der Waals surface area contributed by atoms with Gasteiger partial charge in [0.25, 0.3) is 20.0 Å². The first-order chi connectivity index (χ1) is 32.7. The highest BCUT2D eigenvalue weighted by molar-refractivity contribution is 7.89. The number of aldehydes is 1. The van der Waals surface area contributed by atoms with Crippen molar-refractivity contribution in [2.24, 2.45) is 0 Å². The number of benzene rings is 4. The highest BCUT2D eigenvalue weighted by atomic mass is 32.2. The number of ether oxygens (including phenoxy) is 4. The first-order valence-corrected chi connectivity index (χ1v) is 25.5. The van der Waals surface area contributed by atoms with E-state index in [0.717, 1.165) is 52.5 Å². The third kappa shape index (κ3) is 13.2. The van der Waals surface area contributed by atoms with Crippen LogP contribution < -0.4 is 18.9 Å². The largest absolute Gasteiger partial charge is 0.497 e. The van der Waals surface area contributed by atoms with Gasteiger partial charge in [0.15, 0.2) is 16.3 Å². The second-order valence-corrected chi connectivity index (χ2v) is 22.5.